The molecule has 0 unspecified atom stereocenters. The van der Waals surface area contributed by atoms with Crippen LogP contribution in [0.5, 0.6) is 0 Å². The number of hydrogen-bond acceptors (Lipinski definition) is 2. The molecule has 2 nitrogen and oxygen atoms in total. The summed E-state index contributed by atoms with van der Waals surface area (Å²) in [7, 11) is 0. The van der Waals surface area contributed by atoms with E-state index < -0.39 is 0 Å². The molecule has 0 saturated carbocycles. The second-order valence-electron chi connectivity index (χ2n) is 14.1. The van der Waals surface area contributed by atoms with Gasteiger partial charge in [0.15, 0.2) is 0 Å². The average molecular weight is 688 g/mol. The Kier molecular flexibility index (Phi) is 6.90. The number of rotatable bonds is 5. The van der Waals surface area contributed by atoms with Crippen molar-refractivity contribution in [2.45, 2.75) is 0 Å². The minimum Gasteiger partial charge on any atom is -0.456 e. The monoisotopic (exact) mass is 687 g/mol. The Morgan fingerprint density at radius 1 is 0.296 bits per heavy atom. The molecule has 0 saturated heterocycles. The quantitative estimate of drug-likeness (QED) is 0.168. The van der Waals surface area contributed by atoms with Crippen LogP contribution in [0.2, 0.25) is 0 Å². The third-order valence-corrected chi connectivity index (χ3v) is 11.0. The number of para-hydroxylation sites is 1. The van der Waals surface area contributed by atoms with E-state index in [1.807, 2.05) is 12.1 Å². The van der Waals surface area contributed by atoms with E-state index in [9.17, 15) is 0 Å². The molecule has 0 bridgehead atoms. The zero-order valence-corrected chi connectivity index (χ0v) is 29.4. The van der Waals surface area contributed by atoms with Crippen molar-refractivity contribution < 1.29 is 4.42 Å². The van der Waals surface area contributed by atoms with Crippen molar-refractivity contribution in [3.63, 3.8) is 0 Å². The molecule has 0 aliphatic carbocycles. The van der Waals surface area contributed by atoms with Gasteiger partial charge < -0.3 is 9.32 Å². The third-order valence-electron chi connectivity index (χ3n) is 11.0. The number of furan rings is 1. The van der Waals surface area contributed by atoms with Crippen LogP contribution in [-0.4, -0.2) is 0 Å². The van der Waals surface area contributed by atoms with Gasteiger partial charge in [-0.2, -0.15) is 0 Å². The molecule has 1 heterocycles. The lowest BCUT2D eigenvalue weighted by atomic mass is 9.94. The highest BCUT2D eigenvalue weighted by Gasteiger charge is 2.17. The highest BCUT2D eigenvalue weighted by atomic mass is 16.3. The first-order chi connectivity index (χ1) is 26.7. The highest BCUT2D eigenvalue weighted by Crippen LogP contribution is 2.42. The summed E-state index contributed by atoms with van der Waals surface area (Å²) in [4.78, 5) is 2.34. The van der Waals surface area contributed by atoms with Gasteiger partial charge in [-0.3, -0.25) is 0 Å². The van der Waals surface area contributed by atoms with Crippen molar-refractivity contribution in [1.82, 2.24) is 0 Å². The van der Waals surface area contributed by atoms with Crippen LogP contribution in [0.1, 0.15) is 0 Å². The minimum atomic E-state index is 0.872. The first-order valence-electron chi connectivity index (χ1n) is 18.5. The normalized spacial score (nSPS) is 11.7. The number of fused-ring (bicyclic) bond motifs is 9. The second-order valence-corrected chi connectivity index (χ2v) is 14.1. The molecule has 0 amide bonds. The molecule has 11 rings (SSSR count). The Morgan fingerprint density at radius 3 is 1.74 bits per heavy atom. The van der Waals surface area contributed by atoms with E-state index in [4.69, 9.17) is 4.42 Å². The van der Waals surface area contributed by atoms with E-state index in [0.717, 1.165) is 39.0 Å². The van der Waals surface area contributed by atoms with Crippen LogP contribution in [0.15, 0.2) is 205 Å². The number of anilines is 3. The fourth-order valence-electron chi connectivity index (χ4n) is 8.40. The molecular formula is C52H33NO. The van der Waals surface area contributed by atoms with Crippen LogP contribution in [0.3, 0.4) is 0 Å². The van der Waals surface area contributed by atoms with Gasteiger partial charge in [-0.25, -0.2) is 0 Å². The van der Waals surface area contributed by atoms with Gasteiger partial charge in [0.25, 0.3) is 0 Å². The smallest absolute Gasteiger partial charge is 0.137 e. The van der Waals surface area contributed by atoms with Gasteiger partial charge in [0.2, 0.25) is 0 Å². The van der Waals surface area contributed by atoms with Crippen molar-refractivity contribution in [2.24, 2.45) is 0 Å². The molecule has 1 aromatic heterocycles. The summed E-state index contributed by atoms with van der Waals surface area (Å²) >= 11 is 0. The van der Waals surface area contributed by atoms with Crippen molar-refractivity contribution in [2.75, 3.05) is 4.90 Å². The third kappa shape index (κ3) is 4.96. The fraction of sp³-hybridized carbons (Fsp3) is 0. The minimum absolute atomic E-state index is 0.872. The lowest BCUT2D eigenvalue weighted by molar-refractivity contribution is 0.669. The predicted molar refractivity (Wildman–Crippen MR) is 229 cm³/mol. The van der Waals surface area contributed by atoms with E-state index in [1.54, 1.807) is 0 Å². The second kappa shape index (κ2) is 12.2. The van der Waals surface area contributed by atoms with Crippen LogP contribution in [-0.2, 0) is 0 Å². The molecule has 0 spiro atoms. The van der Waals surface area contributed by atoms with E-state index in [1.165, 1.54) is 65.3 Å². The fourth-order valence-corrected chi connectivity index (χ4v) is 8.40. The van der Waals surface area contributed by atoms with Crippen LogP contribution in [0.4, 0.5) is 17.1 Å². The Bertz CT molecular complexity index is 3220. The summed E-state index contributed by atoms with van der Waals surface area (Å²) in [5.41, 5.74) is 9.72. The van der Waals surface area contributed by atoms with Crippen LogP contribution < -0.4 is 4.90 Å². The molecular weight excluding hydrogens is 655 g/mol. The topological polar surface area (TPSA) is 16.4 Å². The van der Waals surface area contributed by atoms with E-state index >= 15 is 0 Å². The van der Waals surface area contributed by atoms with Gasteiger partial charge in [0.05, 0.1) is 0 Å². The number of benzene rings is 10. The maximum atomic E-state index is 6.40. The van der Waals surface area contributed by atoms with Gasteiger partial charge >= 0.3 is 0 Å². The van der Waals surface area contributed by atoms with Gasteiger partial charge in [-0.15, -0.1) is 0 Å². The summed E-state index contributed by atoms with van der Waals surface area (Å²) in [5.74, 6) is 0. The van der Waals surface area contributed by atoms with Crippen molar-refractivity contribution in [3.05, 3.63) is 200 Å². The van der Waals surface area contributed by atoms with Crippen LogP contribution >= 0.6 is 0 Å². The first-order valence-corrected chi connectivity index (χ1v) is 18.5. The summed E-state index contributed by atoms with van der Waals surface area (Å²) in [6.45, 7) is 0. The average Bonchev–Trinajstić information content (AvgIpc) is 3.61. The maximum absolute atomic E-state index is 6.40. The molecule has 0 atom stereocenters. The Balaban J connectivity index is 1.05. The molecule has 0 fully saturated rings. The van der Waals surface area contributed by atoms with Gasteiger partial charge in [-0.05, 0) is 114 Å². The molecule has 0 radical (unpaired) electrons. The van der Waals surface area contributed by atoms with Crippen LogP contribution in [0.25, 0.3) is 87.3 Å². The number of nitrogens with zero attached hydrogens (tertiary/aromatic N) is 1. The summed E-state index contributed by atoms with van der Waals surface area (Å²) in [6.07, 6.45) is 0. The number of hydrogen-bond donors (Lipinski definition) is 0. The van der Waals surface area contributed by atoms with Crippen LogP contribution in [0, 0.1) is 0 Å². The molecule has 10 aromatic carbocycles. The molecule has 252 valence electrons. The zero-order chi connectivity index (χ0) is 35.6. The van der Waals surface area contributed by atoms with Gasteiger partial charge in [0.1, 0.15) is 11.2 Å². The van der Waals surface area contributed by atoms with E-state index in [0.29, 0.717) is 0 Å². The Morgan fingerprint density at radius 2 is 0.889 bits per heavy atom. The molecule has 11 aromatic rings. The largest absolute Gasteiger partial charge is 0.456 e. The Labute approximate surface area is 312 Å². The van der Waals surface area contributed by atoms with E-state index in [-0.39, 0.29) is 0 Å². The molecule has 0 aliphatic heterocycles. The standard InChI is InChI=1S/C52H33NO/c1-3-14-44-35(9-1)11-8-17-45(44)40-12-7-13-42(31-40)53(43-29-30-48-47-16-5-6-18-50(47)54-51(48)33-43)41-27-25-34(26-28-41)39-24-21-37-20-23-38-22-19-36-10-2-4-15-46(36)52(38)49(37)32-39/h1-33H. The van der Waals surface area contributed by atoms with E-state index in [2.05, 4.69) is 193 Å². The van der Waals surface area contributed by atoms with Crippen molar-refractivity contribution in [1.29, 1.82) is 0 Å². The maximum Gasteiger partial charge on any atom is 0.137 e. The molecule has 2 heteroatoms. The molecule has 0 aliphatic rings. The lowest BCUT2D eigenvalue weighted by Gasteiger charge is -2.26. The van der Waals surface area contributed by atoms with Gasteiger partial charge in [0, 0.05) is 33.9 Å². The lowest BCUT2D eigenvalue weighted by Crippen LogP contribution is -2.10. The van der Waals surface area contributed by atoms with Crippen molar-refractivity contribution in [3.8, 4) is 22.3 Å². The highest BCUT2D eigenvalue weighted by molar-refractivity contribution is 6.20. The summed E-state index contributed by atoms with van der Waals surface area (Å²) in [6, 6.07) is 72.4. The Hall–Kier alpha value is -7.16. The zero-order valence-electron chi connectivity index (χ0n) is 29.4. The van der Waals surface area contributed by atoms with Gasteiger partial charge in [-0.1, -0.05) is 146 Å². The molecule has 54 heavy (non-hydrogen) atoms. The predicted octanol–water partition coefficient (Wildman–Crippen LogP) is 15.0. The summed E-state index contributed by atoms with van der Waals surface area (Å²) in [5, 5.41) is 12.4. The van der Waals surface area contributed by atoms with Crippen molar-refractivity contribution >= 4 is 82.1 Å². The molecule has 0 N–H and O–H groups in total. The SMILES string of the molecule is c1cc(-c2cccc3ccccc23)cc(N(c2ccc(-c3ccc4ccc5ccc6ccccc6c5c4c3)cc2)c2ccc3c(c2)oc2ccccc23)c1. The summed E-state index contributed by atoms with van der Waals surface area (Å²) < 4.78 is 6.40. The first kappa shape index (κ1) is 30.5.